The molecule has 1 aliphatic carbocycles. The molecule has 1 saturated carbocycles. The lowest BCUT2D eigenvalue weighted by Gasteiger charge is -2.08. The van der Waals surface area contributed by atoms with E-state index in [1.807, 2.05) is 6.92 Å². The Balaban J connectivity index is 0.000000271. The van der Waals surface area contributed by atoms with Gasteiger partial charge in [0.2, 0.25) is 0 Å². The van der Waals surface area contributed by atoms with Crippen molar-refractivity contribution in [2.24, 2.45) is 0 Å². The molecule has 0 unspecified atom stereocenters. The van der Waals surface area contributed by atoms with Gasteiger partial charge in [-0.15, -0.1) is 0 Å². The van der Waals surface area contributed by atoms with Crippen LogP contribution in [0.25, 0.3) is 0 Å². The normalized spacial score (nSPS) is 14.2. The quantitative estimate of drug-likeness (QED) is 0.605. The molecule has 0 radical (unpaired) electrons. The van der Waals surface area contributed by atoms with Gasteiger partial charge in [-0.2, -0.15) is 0 Å². The smallest absolute Gasteiger partial charge is 0.379 e. The fourth-order valence-electron chi connectivity index (χ4n) is 0.368. The summed E-state index contributed by atoms with van der Waals surface area (Å²) in [6, 6.07) is 0. The number of hydrogen-bond acceptors (Lipinski definition) is 3. The lowest BCUT2D eigenvalue weighted by atomic mass is 10.9. The standard InChI is InChI=1S/C4H12O3Si.C3H6/c1-4-7-8(5-2)6-3;1-2-3-1/h8H,4H2,1-3H3;1-3H2. The second-order valence-corrected chi connectivity index (χ2v) is 4.13. The van der Waals surface area contributed by atoms with E-state index in [4.69, 9.17) is 13.3 Å². The monoisotopic (exact) mass is 178 g/mol. The topological polar surface area (TPSA) is 27.7 Å². The van der Waals surface area contributed by atoms with Crippen LogP contribution in [0, 0.1) is 0 Å². The summed E-state index contributed by atoms with van der Waals surface area (Å²) in [5.41, 5.74) is 0. The average Bonchev–Trinajstić information content (AvgIpc) is 2.85. The van der Waals surface area contributed by atoms with E-state index in [9.17, 15) is 0 Å². The van der Waals surface area contributed by atoms with Crippen molar-refractivity contribution in [3.63, 3.8) is 0 Å². The summed E-state index contributed by atoms with van der Waals surface area (Å²) in [5.74, 6) is 0. The molecular weight excluding hydrogens is 160 g/mol. The van der Waals surface area contributed by atoms with E-state index in [-0.39, 0.29) is 0 Å². The van der Waals surface area contributed by atoms with E-state index in [1.54, 1.807) is 14.2 Å². The third-order valence-corrected chi connectivity index (χ3v) is 2.42. The molecule has 3 nitrogen and oxygen atoms in total. The van der Waals surface area contributed by atoms with Crippen LogP contribution in [0.1, 0.15) is 26.2 Å². The highest BCUT2D eigenvalue weighted by Crippen LogP contribution is 2.14. The Morgan fingerprint density at radius 2 is 1.55 bits per heavy atom. The minimum absolute atomic E-state index is 0.665. The maximum atomic E-state index is 5.03. The van der Waals surface area contributed by atoms with Crippen LogP contribution in [0.15, 0.2) is 0 Å². The third kappa shape index (κ3) is 10.1. The van der Waals surface area contributed by atoms with Gasteiger partial charge in [0.05, 0.1) is 0 Å². The van der Waals surface area contributed by atoms with Crippen molar-refractivity contribution in [3.8, 4) is 0 Å². The second kappa shape index (κ2) is 8.20. The predicted molar refractivity (Wildman–Crippen MR) is 46.6 cm³/mol. The Morgan fingerprint density at radius 1 is 1.09 bits per heavy atom. The first-order valence-corrected chi connectivity index (χ1v) is 5.43. The highest BCUT2D eigenvalue weighted by atomic mass is 28.3. The van der Waals surface area contributed by atoms with Crippen LogP contribution in [-0.4, -0.2) is 30.4 Å². The Morgan fingerprint density at radius 3 is 1.64 bits per heavy atom. The fourth-order valence-corrected chi connectivity index (χ4v) is 1.11. The fraction of sp³-hybridized carbons (Fsp3) is 1.00. The molecule has 0 aromatic rings. The first-order valence-electron chi connectivity index (χ1n) is 4.02. The largest absolute Gasteiger partial charge is 0.483 e. The first kappa shape index (κ1) is 11.1. The molecule has 0 heterocycles. The summed E-state index contributed by atoms with van der Waals surface area (Å²) in [6.45, 7) is 2.58. The summed E-state index contributed by atoms with van der Waals surface area (Å²) in [5, 5.41) is 0. The Hall–Kier alpha value is 0.0969. The van der Waals surface area contributed by atoms with Crippen molar-refractivity contribution >= 4 is 9.53 Å². The maximum Gasteiger partial charge on any atom is 0.483 e. The zero-order valence-electron chi connectivity index (χ0n) is 7.63. The summed E-state index contributed by atoms with van der Waals surface area (Å²) in [7, 11) is 1.49. The first-order chi connectivity index (χ1) is 5.35. The molecule has 0 aromatic carbocycles. The second-order valence-electron chi connectivity index (χ2n) is 2.28. The number of hydrogen-bond donors (Lipinski definition) is 0. The predicted octanol–water partition coefficient (Wildman–Crippen LogP) is 1.20. The van der Waals surface area contributed by atoms with Crippen molar-refractivity contribution in [2.45, 2.75) is 26.2 Å². The Bertz CT molecular complexity index is 71.3. The van der Waals surface area contributed by atoms with Crippen LogP contribution >= 0.6 is 0 Å². The van der Waals surface area contributed by atoms with E-state index in [2.05, 4.69) is 0 Å². The molecule has 0 N–H and O–H groups in total. The van der Waals surface area contributed by atoms with Crippen LogP contribution in [0.4, 0.5) is 0 Å². The summed E-state index contributed by atoms with van der Waals surface area (Å²) < 4.78 is 14.7. The van der Waals surface area contributed by atoms with Gasteiger partial charge >= 0.3 is 9.53 Å². The molecule has 4 heteroatoms. The molecule has 11 heavy (non-hydrogen) atoms. The van der Waals surface area contributed by atoms with Crippen molar-refractivity contribution in [1.82, 2.24) is 0 Å². The van der Waals surface area contributed by atoms with Gasteiger partial charge in [0.15, 0.2) is 0 Å². The van der Waals surface area contributed by atoms with Crippen molar-refractivity contribution in [1.29, 1.82) is 0 Å². The van der Waals surface area contributed by atoms with Crippen molar-refractivity contribution in [2.75, 3.05) is 20.8 Å². The van der Waals surface area contributed by atoms with Crippen LogP contribution < -0.4 is 0 Å². The highest BCUT2D eigenvalue weighted by molar-refractivity contribution is 6.36. The van der Waals surface area contributed by atoms with Gasteiger partial charge in [-0.25, -0.2) is 0 Å². The van der Waals surface area contributed by atoms with Gasteiger partial charge in [-0.1, -0.05) is 19.3 Å². The van der Waals surface area contributed by atoms with Crippen LogP contribution in [-0.2, 0) is 13.3 Å². The molecule has 0 atom stereocenters. The van der Waals surface area contributed by atoms with Crippen LogP contribution in [0.2, 0.25) is 0 Å². The molecule has 0 amide bonds. The lowest BCUT2D eigenvalue weighted by Crippen LogP contribution is -2.23. The van der Waals surface area contributed by atoms with Crippen LogP contribution in [0.3, 0.4) is 0 Å². The number of rotatable bonds is 4. The third-order valence-electron chi connectivity index (χ3n) is 1.04. The molecule has 0 aromatic heterocycles. The van der Waals surface area contributed by atoms with Crippen molar-refractivity contribution < 1.29 is 13.3 Å². The highest BCUT2D eigenvalue weighted by Gasteiger charge is 2.07. The molecule has 0 spiro atoms. The molecule has 68 valence electrons. The average molecular weight is 178 g/mol. The van der Waals surface area contributed by atoms with E-state index in [1.165, 1.54) is 19.3 Å². The van der Waals surface area contributed by atoms with Gasteiger partial charge in [-0.05, 0) is 6.92 Å². The van der Waals surface area contributed by atoms with Gasteiger partial charge < -0.3 is 13.3 Å². The summed E-state index contributed by atoms with van der Waals surface area (Å²) in [4.78, 5) is 0. The van der Waals surface area contributed by atoms with Gasteiger partial charge in [0.1, 0.15) is 0 Å². The molecule has 1 fully saturated rings. The Kier molecular flexibility index (Phi) is 8.27. The van der Waals surface area contributed by atoms with Crippen molar-refractivity contribution in [3.05, 3.63) is 0 Å². The summed E-state index contributed by atoms with van der Waals surface area (Å²) in [6.07, 6.45) is 4.50. The van der Waals surface area contributed by atoms with Crippen LogP contribution in [0.5, 0.6) is 0 Å². The molecule has 0 saturated heterocycles. The maximum absolute atomic E-state index is 5.03. The molecule has 0 aliphatic heterocycles. The minimum atomic E-state index is -1.69. The van der Waals surface area contributed by atoms with Gasteiger partial charge in [0, 0.05) is 20.8 Å². The SMILES string of the molecule is C1CC1.CCO[SiH](OC)OC. The molecule has 1 aliphatic rings. The minimum Gasteiger partial charge on any atom is -0.379 e. The van der Waals surface area contributed by atoms with E-state index in [0.29, 0.717) is 6.61 Å². The van der Waals surface area contributed by atoms with E-state index < -0.39 is 9.53 Å². The Labute approximate surface area is 70.6 Å². The van der Waals surface area contributed by atoms with Gasteiger partial charge in [-0.3, -0.25) is 0 Å². The van der Waals surface area contributed by atoms with Gasteiger partial charge in [0.25, 0.3) is 0 Å². The molecule has 1 rings (SSSR count). The molecule has 0 bridgehead atoms. The van der Waals surface area contributed by atoms with E-state index >= 15 is 0 Å². The lowest BCUT2D eigenvalue weighted by molar-refractivity contribution is 0.142. The summed E-state index contributed by atoms with van der Waals surface area (Å²) >= 11 is 0. The zero-order chi connectivity index (χ0) is 8.53. The zero-order valence-corrected chi connectivity index (χ0v) is 8.79. The van der Waals surface area contributed by atoms with E-state index in [0.717, 1.165) is 0 Å². The molecular formula is C7H18O3Si.